The first kappa shape index (κ1) is 19.7. The summed E-state index contributed by atoms with van der Waals surface area (Å²) in [4.78, 5) is 28.4. The van der Waals surface area contributed by atoms with E-state index in [0.717, 1.165) is 13.1 Å². The molecule has 0 saturated carbocycles. The SMILES string of the molecule is CCOC(=O)c1ccc(NC(=O)N2CCN(c3ccc(C)cc3C)CC2)cc1. The van der Waals surface area contributed by atoms with Crippen LogP contribution in [0.2, 0.25) is 0 Å². The quantitative estimate of drug-likeness (QED) is 0.818. The van der Waals surface area contributed by atoms with E-state index in [1.54, 1.807) is 31.2 Å². The van der Waals surface area contributed by atoms with Gasteiger partial charge in [0.1, 0.15) is 0 Å². The molecule has 0 atom stereocenters. The molecule has 1 fully saturated rings. The van der Waals surface area contributed by atoms with Crippen LogP contribution in [0, 0.1) is 13.8 Å². The first-order valence-corrected chi connectivity index (χ1v) is 9.63. The van der Waals surface area contributed by atoms with E-state index in [2.05, 4.69) is 42.3 Å². The van der Waals surface area contributed by atoms with E-state index >= 15 is 0 Å². The number of carbonyl (C=O) groups excluding carboxylic acids is 2. The fourth-order valence-electron chi connectivity index (χ4n) is 3.42. The second-order valence-electron chi connectivity index (χ2n) is 6.99. The Balaban J connectivity index is 1.54. The fourth-order valence-corrected chi connectivity index (χ4v) is 3.42. The average Bonchev–Trinajstić information content (AvgIpc) is 2.69. The minimum absolute atomic E-state index is 0.121. The van der Waals surface area contributed by atoms with Crippen molar-refractivity contribution in [1.29, 1.82) is 0 Å². The van der Waals surface area contributed by atoms with Crippen molar-refractivity contribution < 1.29 is 14.3 Å². The fraction of sp³-hybridized carbons (Fsp3) is 0.364. The molecular weight excluding hydrogens is 354 g/mol. The number of rotatable bonds is 4. The van der Waals surface area contributed by atoms with Crippen molar-refractivity contribution in [3.05, 3.63) is 59.2 Å². The van der Waals surface area contributed by atoms with Crippen molar-refractivity contribution >= 4 is 23.4 Å². The molecule has 1 N–H and O–H groups in total. The van der Waals surface area contributed by atoms with Gasteiger partial charge in [-0.25, -0.2) is 9.59 Å². The topological polar surface area (TPSA) is 61.9 Å². The van der Waals surface area contributed by atoms with Crippen molar-refractivity contribution in [2.24, 2.45) is 0 Å². The lowest BCUT2D eigenvalue weighted by atomic mass is 10.1. The number of hydrogen-bond acceptors (Lipinski definition) is 4. The van der Waals surface area contributed by atoms with E-state index in [-0.39, 0.29) is 12.0 Å². The third kappa shape index (κ3) is 4.63. The van der Waals surface area contributed by atoms with Gasteiger partial charge >= 0.3 is 12.0 Å². The van der Waals surface area contributed by atoms with Crippen LogP contribution in [-0.2, 0) is 4.74 Å². The number of ether oxygens (including phenoxy) is 1. The smallest absolute Gasteiger partial charge is 0.338 e. The summed E-state index contributed by atoms with van der Waals surface area (Å²) in [6.45, 7) is 9.27. The van der Waals surface area contributed by atoms with E-state index in [1.807, 2.05) is 4.90 Å². The van der Waals surface area contributed by atoms with E-state index in [9.17, 15) is 9.59 Å². The molecule has 6 heteroatoms. The molecule has 1 saturated heterocycles. The zero-order chi connectivity index (χ0) is 20.1. The minimum atomic E-state index is -0.358. The molecule has 0 aromatic heterocycles. The minimum Gasteiger partial charge on any atom is -0.462 e. The number of anilines is 2. The van der Waals surface area contributed by atoms with Gasteiger partial charge in [0.2, 0.25) is 0 Å². The number of piperazine rings is 1. The Morgan fingerprint density at radius 1 is 1.00 bits per heavy atom. The molecule has 1 heterocycles. The Bertz CT molecular complexity index is 841. The highest BCUT2D eigenvalue weighted by molar-refractivity contribution is 5.92. The Labute approximate surface area is 166 Å². The lowest BCUT2D eigenvalue weighted by Crippen LogP contribution is -2.50. The van der Waals surface area contributed by atoms with Gasteiger partial charge in [0.25, 0.3) is 0 Å². The Kier molecular flexibility index (Phi) is 6.19. The van der Waals surface area contributed by atoms with E-state index < -0.39 is 0 Å². The van der Waals surface area contributed by atoms with Gasteiger partial charge < -0.3 is 19.9 Å². The number of benzene rings is 2. The first-order valence-electron chi connectivity index (χ1n) is 9.63. The Hall–Kier alpha value is -3.02. The van der Waals surface area contributed by atoms with Gasteiger partial charge in [0.05, 0.1) is 12.2 Å². The summed E-state index contributed by atoms with van der Waals surface area (Å²) in [5.74, 6) is -0.358. The molecular formula is C22H27N3O3. The second-order valence-corrected chi connectivity index (χ2v) is 6.99. The molecule has 1 aliphatic heterocycles. The molecule has 28 heavy (non-hydrogen) atoms. The molecule has 0 bridgehead atoms. The Morgan fingerprint density at radius 2 is 1.68 bits per heavy atom. The summed E-state index contributed by atoms with van der Waals surface area (Å²) in [7, 11) is 0. The summed E-state index contributed by atoms with van der Waals surface area (Å²) in [5, 5.41) is 2.90. The van der Waals surface area contributed by atoms with Gasteiger partial charge in [-0.1, -0.05) is 17.7 Å². The highest BCUT2D eigenvalue weighted by Crippen LogP contribution is 2.22. The predicted octanol–water partition coefficient (Wildman–Crippen LogP) is 3.83. The zero-order valence-corrected chi connectivity index (χ0v) is 16.7. The van der Waals surface area contributed by atoms with Crippen LogP contribution in [0.1, 0.15) is 28.4 Å². The molecule has 0 unspecified atom stereocenters. The summed E-state index contributed by atoms with van der Waals surface area (Å²) >= 11 is 0. The predicted molar refractivity (Wildman–Crippen MR) is 111 cm³/mol. The van der Waals surface area contributed by atoms with Crippen molar-refractivity contribution in [3.63, 3.8) is 0 Å². The van der Waals surface area contributed by atoms with Crippen LogP contribution in [0.3, 0.4) is 0 Å². The molecule has 2 aromatic rings. The lowest BCUT2D eigenvalue weighted by Gasteiger charge is -2.36. The highest BCUT2D eigenvalue weighted by atomic mass is 16.5. The monoisotopic (exact) mass is 381 g/mol. The number of aryl methyl sites for hydroxylation is 2. The van der Waals surface area contributed by atoms with Crippen LogP contribution in [0.5, 0.6) is 0 Å². The summed E-state index contributed by atoms with van der Waals surface area (Å²) < 4.78 is 4.97. The van der Waals surface area contributed by atoms with Crippen LogP contribution in [-0.4, -0.2) is 49.7 Å². The summed E-state index contributed by atoms with van der Waals surface area (Å²) in [6.07, 6.45) is 0. The van der Waals surface area contributed by atoms with Gasteiger partial charge in [-0.05, 0) is 56.7 Å². The maximum absolute atomic E-state index is 12.5. The molecule has 2 amide bonds. The zero-order valence-electron chi connectivity index (χ0n) is 16.7. The normalized spacial score (nSPS) is 14.0. The maximum Gasteiger partial charge on any atom is 0.338 e. The number of nitrogens with zero attached hydrogens (tertiary/aromatic N) is 2. The third-order valence-electron chi connectivity index (χ3n) is 4.91. The van der Waals surface area contributed by atoms with Crippen LogP contribution < -0.4 is 10.2 Å². The number of urea groups is 1. The molecule has 0 radical (unpaired) electrons. The lowest BCUT2D eigenvalue weighted by molar-refractivity contribution is 0.0526. The van der Waals surface area contributed by atoms with Gasteiger partial charge in [0.15, 0.2) is 0 Å². The Morgan fingerprint density at radius 3 is 2.29 bits per heavy atom. The van der Waals surface area contributed by atoms with Gasteiger partial charge in [0, 0.05) is 37.6 Å². The van der Waals surface area contributed by atoms with E-state index in [4.69, 9.17) is 4.74 Å². The molecule has 148 valence electrons. The second kappa shape index (κ2) is 8.78. The van der Waals surface area contributed by atoms with Crippen molar-refractivity contribution in [3.8, 4) is 0 Å². The molecule has 0 aliphatic carbocycles. The van der Waals surface area contributed by atoms with Crippen LogP contribution in [0.15, 0.2) is 42.5 Å². The molecule has 6 nitrogen and oxygen atoms in total. The molecule has 3 rings (SSSR count). The molecule has 0 spiro atoms. The molecule has 1 aliphatic rings. The highest BCUT2D eigenvalue weighted by Gasteiger charge is 2.22. The van der Waals surface area contributed by atoms with Crippen LogP contribution in [0.25, 0.3) is 0 Å². The average molecular weight is 381 g/mol. The van der Waals surface area contributed by atoms with Crippen molar-refractivity contribution in [1.82, 2.24) is 4.90 Å². The summed E-state index contributed by atoms with van der Waals surface area (Å²) in [5.41, 5.74) is 4.89. The van der Waals surface area contributed by atoms with Crippen molar-refractivity contribution in [2.75, 3.05) is 43.0 Å². The first-order chi connectivity index (χ1) is 13.5. The largest absolute Gasteiger partial charge is 0.462 e. The third-order valence-corrected chi connectivity index (χ3v) is 4.91. The number of carbonyl (C=O) groups is 2. The number of nitrogens with one attached hydrogen (secondary N) is 1. The van der Waals surface area contributed by atoms with Gasteiger partial charge in [-0.3, -0.25) is 0 Å². The standard InChI is InChI=1S/C22H27N3O3/c1-4-28-21(26)18-6-8-19(9-7-18)23-22(27)25-13-11-24(12-14-25)20-10-5-16(2)15-17(20)3/h5-10,15H,4,11-14H2,1-3H3,(H,23,27). The van der Waals surface area contributed by atoms with Crippen LogP contribution >= 0.6 is 0 Å². The number of amides is 2. The van der Waals surface area contributed by atoms with E-state index in [0.29, 0.717) is 30.9 Å². The maximum atomic E-state index is 12.5. The summed E-state index contributed by atoms with van der Waals surface area (Å²) in [6, 6.07) is 13.1. The molecule has 2 aromatic carbocycles. The van der Waals surface area contributed by atoms with Crippen molar-refractivity contribution in [2.45, 2.75) is 20.8 Å². The van der Waals surface area contributed by atoms with Gasteiger partial charge in [-0.15, -0.1) is 0 Å². The van der Waals surface area contributed by atoms with E-state index in [1.165, 1.54) is 16.8 Å². The van der Waals surface area contributed by atoms with Gasteiger partial charge in [-0.2, -0.15) is 0 Å². The number of hydrogen-bond donors (Lipinski definition) is 1. The number of esters is 1. The van der Waals surface area contributed by atoms with Crippen LogP contribution in [0.4, 0.5) is 16.2 Å².